The van der Waals surface area contributed by atoms with Crippen LogP contribution in [-0.2, 0) is 4.79 Å². The van der Waals surface area contributed by atoms with Gasteiger partial charge in [-0.2, -0.15) is 0 Å². The largest absolute Gasteiger partial charge is 0.382 e. The van der Waals surface area contributed by atoms with E-state index >= 15 is 0 Å². The number of carbonyl (C=O) groups excluding carboxylic acids is 2. The van der Waals surface area contributed by atoms with Crippen LogP contribution in [-0.4, -0.2) is 36.9 Å². The Kier molecular flexibility index (Phi) is 5.37. The summed E-state index contributed by atoms with van der Waals surface area (Å²) >= 11 is 1.20. The molecule has 0 aromatic carbocycles. The van der Waals surface area contributed by atoms with Crippen molar-refractivity contribution in [3.05, 3.63) is 4.88 Å². The summed E-state index contributed by atoms with van der Waals surface area (Å²) in [4.78, 5) is 27.1. The van der Waals surface area contributed by atoms with Crippen LogP contribution in [0.25, 0.3) is 0 Å². The standard InChI is InChI=1S/C10H17N5O2S/c1-3-13-10-15-8(11)7(18-10)9(17)14-5-4-6(16)12-2/h3-5,11H2,1-2H3,(H,12,16)(H,13,15)(H,14,17). The molecular formula is C10H17N5O2S. The Balaban J connectivity index is 2.53. The lowest BCUT2D eigenvalue weighted by atomic mass is 10.4. The van der Waals surface area contributed by atoms with Gasteiger partial charge < -0.3 is 21.7 Å². The number of amides is 2. The smallest absolute Gasteiger partial charge is 0.265 e. The maximum atomic E-state index is 11.8. The third-order valence-electron chi connectivity index (χ3n) is 2.10. The first-order chi connectivity index (χ1) is 8.58. The molecule has 0 aliphatic carbocycles. The van der Waals surface area contributed by atoms with E-state index in [0.29, 0.717) is 16.6 Å². The molecule has 0 radical (unpaired) electrons. The number of hydrogen-bond donors (Lipinski definition) is 4. The summed E-state index contributed by atoms with van der Waals surface area (Å²) < 4.78 is 0. The Morgan fingerprint density at radius 2 is 2.17 bits per heavy atom. The van der Waals surface area contributed by atoms with Gasteiger partial charge in [0.05, 0.1) is 0 Å². The Bertz CT molecular complexity index is 432. The lowest BCUT2D eigenvalue weighted by molar-refractivity contribution is -0.120. The van der Waals surface area contributed by atoms with Crippen LogP contribution in [0.1, 0.15) is 23.0 Å². The van der Waals surface area contributed by atoms with Gasteiger partial charge in [0.1, 0.15) is 10.7 Å². The molecule has 0 spiro atoms. The fourth-order valence-electron chi connectivity index (χ4n) is 1.22. The minimum Gasteiger partial charge on any atom is -0.382 e. The third-order valence-corrected chi connectivity index (χ3v) is 3.13. The summed E-state index contributed by atoms with van der Waals surface area (Å²) in [6.07, 6.45) is 0.237. The maximum Gasteiger partial charge on any atom is 0.265 e. The number of anilines is 2. The van der Waals surface area contributed by atoms with Gasteiger partial charge in [0, 0.05) is 26.6 Å². The normalized spacial score (nSPS) is 9.89. The van der Waals surface area contributed by atoms with E-state index in [1.165, 1.54) is 11.3 Å². The molecule has 0 fully saturated rings. The predicted octanol–water partition coefficient (Wildman–Crippen LogP) is 0.0230. The van der Waals surface area contributed by atoms with E-state index < -0.39 is 0 Å². The zero-order chi connectivity index (χ0) is 13.5. The minimum absolute atomic E-state index is 0.124. The second kappa shape index (κ2) is 6.80. The summed E-state index contributed by atoms with van der Waals surface area (Å²) in [5, 5.41) is 8.71. The first kappa shape index (κ1) is 14.2. The van der Waals surface area contributed by atoms with Crippen molar-refractivity contribution in [2.75, 3.05) is 31.2 Å². The molecular weight excluding hydrogens is 254 g/mol. The Morgan fingerprint density at radius 3 is 2.78 bits per heavy atom. The van der Waals surface area contributed by atoms with Crippen LogP contribution < -0.4 is 21.7 Å². The fraction of sp³-hybridized carbons (Fsp3) is 0.500. The lowest BCUT2D eigenvalue weighted by Crippen LogP contribution is -2.29. The second-order valence-electron chi connectivity index (χ2n) is 3.44. The highest BCUT2D eigenvalue weighted by Gasteiger charge is 2.15. The number of nitrogens with one attached hydrogen (secondary N) is 3. The molecule has 0 bridgehead atoms. The third kappa shape index (κ3) is 3.88. The average molecular weight is 271 g/mol. The summed E-state index contributed by atoms with van der Waals surface area (Å²) in [5.41, 5.74) is 5.65. The molecule has 0 unspecified atom stereocenters. The van der Waals surface area contributed by atoms with Crippen LogP contribution in [0.2, 0.25) is 0 Å². The minimum atomic E-state index is -0.307. The van der Waals surface area contributed by atoms with E-state index in [-0.39, 0.29) is 30.6 Å². The zero-order valence-corrected chi connectivity index (χ0v) is 11.2. The monoisotopic (exact) mass is 271 g/mol. The lowest BCUT2D eigenvalue weighted by Gasteiger charge is -2.02. The van der Waals surface area contributed by atoms with Gasteiger partial charge in [-0.1, -0.05) is 11.3 Å². The molecule has 8 heteroatoms. The van der Waals surface area contributed by atoms with Crippen molar-refractivity contribution in [3.63, 3.8) is 0 Å². The molecule has 1 aromatic rings. The van der Waals surface area contributed by atoms with E-state index in [1.54, 1.807) is 7.05 Å². The topological polar surface area (TPSA) is 109 Å². The number of aromatic nitrogens is 1. The Morgan fingerprint density at radius 1 is 1.44 bits per heavy atom. The van der Waals surface area contributed by atoms with E-state index in [0.717, 1.165) is 0 Å². The van der Waals surface area contributed by atoms with E-state index in [2.05, 4.69) is 20.9 Å². The molecule has 0 atom stereocenters. The van der Waals surface area contributed by atoms with E-state index in [4.69, 9.17) is 5.73 Å². The molecule has 0 aliphatic rings. The molecule has 0 aliphatic heterocycles. The van der Waals surface area contributed by atoms with Crippen LogP contribution >= 0.6 is 11.3 Å². The van der Waals surface area contributed by atoms with Crippen molar-refractivity contribution >= 4 is 34.1 Å². The van der Waals surface area contributed by atoms with Gasteiger partial charge >= 0.3 is 0 Å². The van der Waals surface area contributed by atoms with Gasteiger partial charge in [-0.15, -0.1) is 0 Å². The molecule has 5 N–H and O–H groups in total. The summed E-state index contributed by atoms with van der Waals surface area (Å²) in [6, 6.07) is 0. The van der Waals surface area contributed by atoms with Crippen molar-refractivity contribution in [1.29, 1.82) is 0 Å². The number of carbonyl (C=O) groups is 2. The number of nitrogen functional groups attached to an aromatic ring is 1. The summed E-state index contributed by atoms with van der Waals surface area (Å²) in [6.45, 7) is 2.91. The van der Waals surface area contributed by atoms with E-state index in [1.807, 2.05) is 6.92 Å². The van der Waals surface area contributed by atoms with Gasteiger partial charge in [0.25, 0.3) is 5.91 Å². The quantitative estimate of drug-likeness (QED) is 0.583. The molecule has 7 nitrogen and oxygen atoms in total. The first-order valence-corrected chi connectivity index (χ1v) is 6.39. The molecule has 2 amide bonds. The van der Waals surface area contributed by atoms with Crippen molar-refractivity contribution in [2.45, 2.75) is 13.3 Å². The van der Waals surface area contributed by atoms with Crippen LogP contribution in [0.4, 0.5) is 10.9 Å². The van der Waals surface area contributed by atoms with Crippen LogP contribution in [0.5, 0.6) is 0 Å². The summed E-state index contributed by atoms with van der Waals surface area (Å²) in [5.74, 6) is -0.229. The molecule has 100 valence electrons. The zero-order valence-electron chi connectivity index (χ0n) is 10.4. The van der Waals surface area contributed by atoms with Gasteiger partial charge in [-0.25, -0.2) is 4.98 Å². The molecule has 1 aromatic heterocycles. The van der Waals surface area contributed by atoms with Crippen molar-refractivity contribution in [1.82, 2.24) is 15.6 Å². The SMILES string of the molecule is CCNc1nc(N)c(C(=O)NCCC(=O)NC)s1. The van der Waals surface area contributed by atoms with E-state index in [9.17, 15) is 9.59 Å². The molecule has 1 heterocycles. The van der Waals surface area contributed by atoms with Crippen molar-refractivity contribution in [2.24, 2.45) is 0 Å². The van der Waals surface area contributed by atoms with Crippen LogP contribution in [0.3, 0.4) is 0 Å². The number of thiazole rings is 1. The van der Waals surface area contributed by atoms with Gasteiger partial charge in [0.2, 0.25) is 5.91 Å². The number of rotatable bonds is 6. The fourth-order valence-corrected chi connectivity index (χ4v) is 2.09. The number of hydrogen-bond acceptors (Lipinski definition) is 6. The highest BCUT2D eigenvalue weighted by molar-refractivity contribution is 7.18. The highest BCUT2D eigenvalue weighted by atomic mass is 32.1. The Hall–Kier alpha value is -1.83. The second-order valence-corrected chi connectivity index (χ2v) is 4.44. The number of nitrogens with zero attached hydrogens (tertiary/aromatic N) is 1. The Labute approximate surface area is 109 Å². The van der Waals surface area contributed by atoms with Crippen molar-refractivity contribution in [3.8, 4) is 0 Å². The van der Waals surface area contributed by atoms with Crippen molar-refractivity contribution < 1.29 is 9.59 Å². The predicted molar refractivity (Wildman–Crippen MR) is 71.7 cm³/mol. The maximum absolute atomic E-state index is 11.8. The number of nitrogens with two attached hydrogens (primary N) is 1. The molecule has 0 saturated heterocycles. The van der Waals surface area contributed by atoms with Crippen LogP contribution in [0.15, 0.2) is 0 Å². The van der Waals surface area contributed by atoms with Gasteiger partial charge in [-0.3, -0.25) is 9.59 Å². The molecule has 0 saturated carbocycles. The van der Waals surface area contributed by atoms with Gasteiger partial charge in [0.15, 0.2) is 5.13 Å². The van der Waals surface area contributed by atoms with Crippen LogP contribution in [0, 0.1) is 0 Å². The van der Waals surface area contributed by atoms with Gasteiger partial charge in [-0.05, 0) is 6.92 Å². The molecule has 18 heavy (non-hydrogen) atoms. The highest BCUT2D eigenvalue weighted by Crippen LogP contribution is 2.24. The average Bonchev–Trinajstić information content (AvgIpc) is 2.70. The summed E-state index contributed by atoms with van der Waals surface area (Å²) in [7, 11) is 1.55. The first-order valence-electron chi connectivity index (χ1n) is 5.57. The molecule has 1 rings (SSSR count).